The topological polar surface area (TPSA) is 50.2 Å². The molecule has 0 spiro atoms. The largest absolute Gasteiger partial charge is 0.351 e. The molecule has 0 radical (unpaired) electrons. The van der Waals surface area contributed by atoms with E-state index in [1.807, 2.05) is 54.0 Å². The number of carbonyl (C=O) groups is 1. The van der Waals surface area contributed by atoms with Gasteiger partial charge in [-0.3, -0.25) is 4.79 Å². The van der Waals surface area contributed by atoms with Crippen LogP contribution in [0.1, 0.15) is 23.2 Å². The number of rotatable bonds is 6. The van der Waals surface area contributed by atoms with Crippen LogP contribution in [-0.2, 0) is 0 Å². The average molecular weight is 366 g/mol. The van der Waals surface area contributed by atoms with Gasteiger partial charge in [-0.1, -0.05) is 24.3 Å². The average Bonchev–Trinajstić information content (AvgIpc) is 3.42. The van der Waals surface area contributed by atoms with Gasteiger partial charge in [0.15, 0.2) is 0 Å². The molecule has 0 atom stereocenters. The summed E-state index contributed by atoms with van der Waals surface area (Å²) in [4.78, 5) is 16.2. The van der Waals surface area contributed by atoms with Gasteiger partial charge in [-0.05, 0) is 49.5 Å². The van der Waals surface area contributed by atoms with Crippen LogP contribution in [0.3, 0.4) is 0 Å². The Balaban J connectivity index is 1.55. The molecule has 5 nitrogen and oxygen atoms in total. The van der Waals surface area contributed by atoms with Gasteiger partial charge in [-0.2, -0.15) is 5.10 Å². The molecule has 3 aromatic rings. The van der Waals surface area contributed by atoms with E-state index >= 15 is 0 Å². The molecule has 1 fully saturated rings. The van der Waals surface area contributed by atoms with Crippen LogP contribution in [0.4, 0.5) is 0 Å². The number of nitrogens with zero attached hydrogens (tertiary/aromatic N) is 3. The highest BCUT2D eigenvalue weighted by Crippen LogP contribution is 2.27. The van der Waals surface area contributed by atoms with Crippen molar-refractivity contribution in [3.05, 3.63) is 59.6 Å². The highest BCUT2D eigenvalue weighted by molar-refractivity contribution is 7.13. The Labute approximate surface area is 157 Å². The van der Waals surface area contributed by atoms with Gasteiger partial charge in [0.25, 0.3) is 5.91 Å². The summed E-state index contributed by atoms with van der Waals surface area (Å²) in [5.41, 5.74) is 2.31. The van der Waals surface area contributed by atoms with Crippen molar-refractivity contribution in [3.8, 4) is 16.3 Å². The van der Waals surface area contributed by atoms with Crippen LogP contribution in [0.5, 0.6) is 0 Å². The third kappa shape index (κ3) is 3.71. The van der Waals surface area contributed by atoms with Crippen LogP contribution in [0, 0.1) is 0 Å². The second-order valence-corrected chi connectivity index (χ2v) is 7.40. The minimum Gasteiger partial charge on any atom is -0.351 e. The zero-order valence-electron chi connectivity index (χ0n) is 14.6. The second-order valence-electron chi connectivity index (χ2n) is 6.45. The first-order valence-electron chi connectivity index (χ1n) is 9.01. The summed E-state index contributed by atoms with van der Waals surface area (Å²) in [5.74, 6) is -0.0604. The van der Waals surface area contributed by atoms with Crippen LogP contribution >= 0.6 is 11.3 Å². The van der Waals surface area contributed by atoms with Gasteiger partial charge in [0.1, 0.15) is 5.69 Å². The van der Waals surface area contributed by atoms with Crippen LogP contribution in [0.2, 0.25) is 0 Å². The predicted octanol–water partition coefficient (Wildman–Crippen LogP) is 3.43. The molecule has 6 heteroatoms. The third-order valence-corrected chi connectivity index (χ3v) is 5.52. The van der Waals surface area contributed by atoms with Crippen LogP contribution in [-0.4, -0.2) is 46.8 Å². The highest BCUT2D eigenvalue weighted by Gasteiger charge is 2.19. The van der Waals surface area contributed by atoms with E-state index in [0.717, 1.165) is 35.9 Å². The summed E-state index contributed by atoms with van der Waals surface area (Å²) in [6.07, 6.45) is 4.36. The molecule has 4 rings (SSSR count). The molecule has 1 amide bonds. The fourth-order valence-electron chi connectivity index (χ4n) is 3.28. The molecule has 1 N–H and O–H groups in total. The molecule has 3 heterocycles. The number of thiophene rings is 1. The zero-order valence-corrected chi connectivity index (χ0v) is 15.4. The first-order valence-corrected chi connectivity index (χ1v) is 9.89. The summed E-state index contributed by atoms with van der Waals surface area (Å²) in [7, 11) is 0. The standard InChI is InChI=1S/C20H22N4OS/c25-20(21-10-13-23-11-4-5-12-23)17-15-24(16-7-2-1-3-8-16)22-19(17)18-9-6-14-26-18/h1-3,6-9,14-15H,4-5,10-13H2,(H,21,25). The highest BCUT2D eigenvalue weighted by atomic mass is 32.1. The monoisotopic (exact) mass is 366 g/mol. The van der Waals surface area contributed by atoms with Crippen molar-refractivity contribution in [2.24, 2.45) is 0 Å². The van der Waals surface area contributed by atoms with E-state index in [-0.39, 0.29) is 5.91 Å². The fraction of sp³-hybridized carbons (Fsp3) is 0.300. The molecule has 0 aliphatic carbocycles. The van der Waals surface area contributed by atoms with Gasteiger partial charge in [0.2, 0.25) is 0 Å². The van der Waals surface area contributed by atoms with E-state index in [4.69, 9.17) is 0 Å². The lowest BCUT2D eigenvalue weighted by atomic mass is 10.2. The van der Waals surface area contributed by atoms with E-state index in [1.165, 1.54) is 12.8 Å². The quantitative estimate of drug-likeness (QED) is 0.727. The minimum atomic E-state index is -0.0604. The minimum absolute atomic E-state index is 0.0604. The maximum Gasteiger partial charge on any atom is 0.255 e. The smallest absolute Gasteiger partial charge is 0.255 e. The zero-order chi connectivity index (χ0) is 17.8. The molecular weight excluding hydrogens is 344 g/mol. The summed E-state index contributed by atoms with van der Waals surface area (Å²) in [6, 6.07) is 13.9. The second kappa shape index (κ2) is 7.85. The Bertz CT molecular complexity index is 851. The van der Waals surface area contributed by atoms with Gasteiger partial charge in [0, 0.05) is 19.3 Å². The number of nitrogens with one attached hydrogen (secondary N) is 1. The normalized spacial score (nSPS) is 14.6. The summed E-state index contributed by atoms with van der Waals surface area (Å²) in [5, 5.41) is 9.75. The summed E-state index contributed by atoms with van der Waals surface area (Å²) in [6.45, 7) is 3.86. The van der Waals surface area contributed by atoms with Crippen molar-refractivity contribution >= 4 is 17.2 Å². The van der Waals surface area contributed by atoms with Gasteiger partial charge >= 0.3 is 0 Å². The first kappa shape index (κ1) is 17.0. The Kier molecular flexibility index (Phi) is 5.13. The lowest BCUT2D eigenvalue weighted by molar-refractivity contribution is 0.0950. The number of benzene rings is 1. The Hall–Kier alpha value is -2.44. The van der Waals surface area contributed by atoms with Crippen molar-refractivity contribution in [3.63, 3.8) is 0 Å². The van der Waals surface area contributed by atoms with Crippen LogP contribution < -0.4 is 5.32 Å². The Morgan fingerprint density at radius 2 is 1.92 bits per heavy atom. The van der Waals surface area contributed by atoms with Crippen molar-refractivity contribution in [1.29, 1.82) is 0 Å². The Morgan fingerprint density at radius 3 is 2.65 bits per heavy atom. The van der Waals surface area contributed by atoms with Crippen molar-refractivity contribution in [1.82, 2.24) is 20.0 Å². The summed E-state index contributed by atoms with van der Waals surface area (Å²) < 4.78 is 1.78. The fourth-order valence-corrected chi connectivity index (χ4v) is 4.00. The lowest BCUT2D eigenvalue weighted by Gasteiger charge is -2.14. The van der Waals surface area contributed by atoms with Gasteiger partial charge in [-0.15, -0.1) is 11.3 Å². The Morgan fingerprint density at radius 1 is 1.12 bits per heavy atom. The number of hydrogen-bond donors (Lipinski definition) is 1. The van der Waals surface area contributed by atoms with Crippen molar-refractivity contribution in [2.45, 2.75) is 12.8 Å². The van der Waals surface area contributed by atoms with Crippen LogP contribution in [0.25, 0.3) is 16.3 Å². The molecule has 26 heavy (non-hydrogen) atoms. The van der Waals surface area contributed by atoms with Crippen LogP contribution in [0.15, 0.2) is 54.0 Å². The molecule has 0 saturated carbocycles. The molecule has 1 aliphatic rings. The number of amides is 1. The van der Waals surface area contributed by atoms with Crippen molar-refractivity contribution in [2.75, 3.05) is 26.2 Å². The van der Waals surface area contributed by atoms with E-state index in [0.29, 0.717) is 12.1 Å². The molecule has 1 aliphatic heterocycles. The summed E-state index contributed by atoms with van der Waals surface area (Å²) >= 11 is 1.60. The molecule has 1 aromatic carbocycles. The predicted molar refractivity (Wildman–Crippen MR) is 105 cm³/mol. The number of carbonyl (C=O) groups excluding carboxylic acids is 1. The number of likely N-dealkylation sites (tertiary alicyclic amines) is 1. The van der Waals surface area contributed by atoms with Crippen molar-refractivity contribution < 1.29 is 4.79 Å². The van der Waals surface area contributed by atoms with Gasteiger partial charge in [-0.25, -0.2) is 4.68 Å². The maximum atomic E-state index is 12.8. The molecule has 0 bridgehead atoms. The van der Waals surface area contributed by atoms with E-state index < -0.39 is 0 Å². The molecular formula is C20H22N4OS. The first-order chi connectivity index (χ1) is 12.8. The third-order valence-electron chi connectivity index (χ3n) is 4.65. The number of hydrogen-bond acceptors (Lipinski definition) is 4. The van der Waals surface area contributed by atoms with E-state index in [2.05, 4.69) is 15.3 Å². The van der Waals surface area contributed by atoms with Gasteiger partial charge in [0.05, 0.1) is 16.1 Å². The lowest BCUT2D eigenvalue weighted by Crippen LogP contribution is -2.33. The number of aromatic nitrogens is 2. The molecule has 0 unspecified atom stereocenters. The maximum absolute atomic E-state index is 12.8. The van der Waals surface area contributed by atoms with Gasteiger partial charge < -0.3 is 10.2 Å². The molecule has 1 saturated heterocycles. The SMILES string of the molecule is O=C(NCCN1CCCC1)c1cn(-c2ccccc2)nc1-c1cccs1. The van der Waals surface area contributed by atoms with E-state index in [9.17, 15) is 4.79 Å². The number of para-hydroxylation sites is 1. The molecule has 134 valence electrons. The molecule has 2 aromatic heterocycles. The van der Waals surface area contributed by atoms with E-state index in [1.54, 1.807) is 16.0 Å².